The van der Waals surface area contributed by atoms with Gasteiger partial charge in [0.2, 0.25) is 0 Å². The first kappa shape index (κ1) is 13.9. The predicted molar refractivity (Wildman–Crippen MR) is 80.6 cm³/mol. The molecule has 0 radical (unpaired) electrons. The summed E-state index contributed by atoms with van der Waals surface area (Å²) in [6, 6.07) is 5.48. The van der Waals surface area contributed by atoms with E-state index in [0.29, 0.717) is 18.2 Å². The van der Waals surface area contributed by atoms with Gasteiger partial charge in [-0.3, -0.25) is 0 Å². The summed E-state index contributed by atoms with van der Waals surface area (Å²) >= 11 is 0. The number of rotatable bonds is 2. The number of fused-ring (bicyclic) bond motifs is 1. The number of H-pyrrole nitrogens is 1. The number of aromatic nitrogens is 1. The van der Waals surface area contributed by atoms with Crippen molar-refractivity contribution in [1.29, 1.82) is 0 Å². The summed E-state index contributed by atoms with van der Waals surface area (Å²) in [5.74, 6) is -0.206. The lowest BCUT2D eigenvalue weighted by atomic mass is 10.2. The molecule has 2 heterocycles. The van der Waals surface area contributed by atoms with Gasteiger partial charge in [-0.15, -0.1) is 0 Å². The molecule has 0 bridgehead atoms. The molecule has 1 aliphatic rings. The van der Waals surface area contributed by atoms with E-state index in [1.807, 2.05) is 11.0 Å². The maximum Gasteiger partial charge on any atom is 0.317 e. The molecule has 3 rings (SSSR count). The fourth-order valence-electron chi connectivity index (χ4n) is 2.92. The van der Waals surface area contributed by atoms with Gasteiger partial charge in [0.1, 0.15) is 5.82 Å². The number of urea groups is 1. The van der Waals surface area contributed by atoms with Crippen molar-refractivity contribution in [3.8, 4) is 0 Å². The maximum absolute atomic E-state index is 13.5. The molecule has 0 aliphatic carbocycles. The second kappa shape index (κ2) is 5.39. The number of aryl methyl sites for hydroxylation is 1. The number of halogens is 1. The predicted octanol–water partition coefficient (Wildman–Crippen LogP) is 3.31. The van der Waals surface area contributed by atoms with E-state index in [2.05, 4.69) is 17.2 Å². The molecular weight excluding hydrogens is 269 g/mol. The van der Waals surface area contributed by atoms with Gasteiger partial charge in [-0.1, -0.05) is 0 Å². The van der Waals surface area contributed by atoms with Crippen molar-refractivity contribution < 1.29 is 9.18 Å². The molecule has 21 heavy (non-hydrogen) atoms. The molecule has 5 heteroatoms. The average molecular weight is 289 g/mol. The van der Waals surface area contributed by atoms with Gasteiger partial charge in [0.25, 0.3) is 0 Å². The minimum absolute atomic E-state index is 0.0268. The number of carbonyl (C=O) groups excluding carboxylic acids is 1. The van der Waals surface area contributed by atoms with E-state index in [-0.39, 0.29) is 11.8 Å². The van der Waals surface area contributed by atoms with Crippen molar-refractivity contribution in [3.05, 3.63) is 35.3 Å². The topological polar surface area (TPSA) is 48.1 Å². The van der Waals surface area contributed by atoms with Crippen LogP contribution in [0, 0.1) is 12.7 Å². The summed E-state index contributed by atoms with van der Waals surface area (Å²) in [4.78, 5) is 17.2. The lowest BCUT2D eigenvalue weighted by molar-refractivity contribution is 0.195. The van der Waals surface area contributed by atoms with Crippen LogP contribution in [0.1, 0.15) is 31.0 Å². The van der Waals surface area contributed by atoms with Gasteiger partial charge in [0, 0.05) is 29.2 Å². The third-order valence-corrected chi connectivity index (χ3v) is 4.20. The Labute approximate surface area is 123 Å². The Morgan fingerprint density at radius 2 is 2.29 bits per heavy atom. The Bertz CT molecular complexity index is 640. The van der Waals surface area contributed by atoms with Gasteiger partial charge in [-0.25, -0.2) is 9.18 Å². The van der Waals surface area contributed by atoms with Crippen LogP contribution in [0.3, 0.4) is 0 Å². The molecule has 2 amide bonds. The van der Waals surface area contributed by atoms with E-state index in [1.165, 1.54) is 6.07 Å². The van der Waals surface area contributed by atoms with E-state index >= 15 is 0 Å². The van der Waals surface area contributed by atoms with Crippen LogP contribution in [-0.2, 0) is 6.54 Å². The third-order valence-electron chi connectivity index (χ3n) is 4.20. The number of nitrogens with one attached hydrogen (secondary N) is 2. The first-order chi connectivity index (χ1) is 10.0. The van der Waals surface area contributed by atoms with Crippen LogP contribution >= 0.6 is 0 Å². The van der Waals surface area contributed by atoms with Crippen molar-refractivity contribution in [2.75, 3.05) is 6.54 Å². The van der Waals surface area contributed by atoms with Crippen LogP contribution in [0.5, 0.6) is 0 Å². The quantitative estimate of drug-likeness (QED) is 0.875. The monoisotopic (exact) mass is 289 g/mol. The van der Waals surface area contributed by atoms with Crippen LogP contribution in [-0.4, -0.2) is 28.5 Å². The number of hydrogen-bond acceptors (Lipinski definition) is 1. The molecule has 0 saturated carbocycles. The molecule has 2 N–H and O–H groups in total. The van der Waals surface area contributed by atoms with Gasteiger partial charge in [-0.2, -0.15) is 0 Å². The number of aromatic amines is 1. The summed E-state index contributed by atoms with van der Waals surface area (Å²) < 4.78 is 13.5. The second-order valence-corrected chi connectivity index (χ2v) is 5.83. The first-order valence-electron chi connectivity index (χ1n) is 7.37. The zero-order valence-corrected chi connectivity index (χ0v) is 12.4. The largest absolute Gasteiger partial charge is 0.357 e. The SMILES string of the molecule is Cc1cc2[nH]c(CNC(=O)N3CCCC3C)cc2cc1F. The normalized spacial score (nSPS) is 18.4. The van der Waals surface area contributed by atoms with E-state index < -0.39 is 0 Å². The fraction of sp³-hybridized carbons (Fsp3) is 0.438. The summed E-state index contributed by atoms with van der Waals surface area (Å²) in [7, 11) is 0. The van der Waals surface area contributed by atoms with Crippen LogP contribution in [0.4, 0.5) is 9.18 Å². The molecule has 1 saturated heterocycles. The van der Waals surface area contributed by atoms with Gasteiger partial charge < -0.3 is 15.2 Å². The zero-order valence-electron chi connectivity index (χ0n) is 12.4. The fourth-order valence-corrected chi connectivity index (χ4v) is 2.92. The number of likely N-dealkylation sites (tertiary alicyclic amines) is 1. The minimum Gasteiger partial charge on any atom is -0.357 e. The Morgan fingerprint density at radius 1 is 1.48 bits per heavy atom. The van der Waals surface area contributed by atoms with Crippen LogP contribution in [0.15, 0.2) is 18.2 Å². The Hall–Kier alpha value is -2.04. The van der Waals surface area contributed by atoms with Gasteiger partial charge in [-0.05, 0) is 50.5 Å². The molecule has 1 aliphatic heterocycles. The number of carbonyl (C=O) groups is 1. The summed E-state index contributed by atoms with van der Waals surface area (Å²) in [5.41, 5.74) is 2.40. The first-order valence-corrected chi connectivity index (χ1v) is 7.37. The van der Waals surface area contributed by atoms with Crippen molar-refractivity contribution in [1.82, 2.24) is 15.2 Å². The van der Waals surface area contributed by atoms with Gasteiger partial charge >= 0.3 is 6.03 Å². The lowest BCUT2D eigenvalue weighted by Crippen LogP contribution is -2.41. The number of nitrogens with zero attached hydrogens (tertiary/aromatic N) is 1. The molecule has 4 nitrogen and oxygen atoms in total. The van der Waals surface area contributed by atoms with Crippen molar-refractivity contribution in [3.63, 3.8) is 0 Å². The number of amides is 2. The summed E-state index contributed by atoms with van der Waals surface area (Å²) in [6.45, 7) is 5.06. The second-order valence-electron chi connectivity index (χ2n) is 5.83. The highest BCUT2D eigenvalue weighted by atomic mass is 19.1. The zero-order chi connectivity index (χ0) is 15.0. The molecule has 1 atom stereocenters. The van der Waals surface area contributed by atoms with Gasteiger partial charge in [0.15, 0.2) is 0 Å². The molecule has 1 fully saturated rings. The highest BCUT2D eigenvalue weighted by Crippen LogP contribution is 2.20. The minimum atomic E-state index is -0.206. The molecule has 1 unspecified atom stereocenters. The molecule has 0 spiro atoms. The third kappa shape index (κ3) is 2.73. The molecule has 1 aromatic carbocycles. The van der Waals surface area contributed by atoms with Gasteiger partial charge in [0.05, 0.1) is 6.54 Å². The highest BCUT2D eigenvalue weighted by molar-refractivity contribution is 5.81. The molecule has 112 valence electrons. The lowest BCUT2D eigenvalue weighted by Gasteiger charge is -2.21. The number of benzene rings is 1. The van der Waals surface area contributed by atoms with Crippen LogP contribution in [0.2, 0.25) is 0 Å². The molecule has 2 aromatic rings. The maximum atomic E-state index is 13.5. The Morgan fingerprint density at radius 3 is 3.00 bits per heavy atom. The average Bonchev–Trinajstić information content (AvgIpc) is 3.03. The van der Waals surface area contributed by atoms with E-state index in [0.717, 1.165) is 36.0 Å². The van der Waals surface area contributed by atoms with Crippen LogP contribution in [0.25, 0.3) is 10.9 Å². The van der Waals surface area contributed by atoms with E-state index in [9.17, 15) is 9.18 Å². The molecule has 1 aromatic heterocycles. The number of hydrogen-bond donors (Lipinski definition) is 2. The summed E-state index contributed by atoms with van der Waals surface area (Å²) in [5, 5.41) is 3.75. The smallest absolute Gasteiger partial charge is 0.317 e. The van der Waals surface area contributed by atoms with E-state index in [1.54, 1.807) is 13.0 Å². The van der Waals surface area contributed by atoms with Crippen molar-refractivity contribution >= 4 is 16.9 Å². The Kier molecular flexibility index (Phi) is 3.57. The Balaban J connectivity index is 1.69. The van der Waals surface area contributed by atoms with E-state index in [4.69, 9.17) is 0 Å². The van der Waals surface area contributed by atoms with Crippen molar-refractivity contribution in [2.45, 2.75) is 39.3 Å². The van der Waals surface area contributed by atoms with Crippen LogP contribution < -0.4 is 5.32 Å². The summed E-state index contributed by atoms with van der Waals surface area (Å²) in [6.07, 6.45) is 2.14. The highest BCUT2D eigenvalue weighted by Gasteiger charge is 2.24. The standard InChI is InChI=1S/C16H20FN3O/c1-10-6-15-12(8-14(10)17)7-13(19-15)9-18-16(21)20-5-3-4-11(20)2/h6-8,11,19H,3-5,9H2,1-2H3,(H,18,21). The molecular formula is C16H20FN3O. The van der Waals surface area contributed by atoms with Crippen molar-refractivity contribution in [2.24, 2.45) is 0 Å².